The van der Waals surface area contributed by atoms with Gasteiger partial charge in [-0.15, -0.1) is 0 Å². The van der Waals surface area contributed by atoms with Crippen LogP contribution in [0.4, 0.5) is 0 Å². The summed E-state index contributed by atoms with van der Waals surface area (Å²) in [5, 5.41) is 3.47. The van der Waals surface area contributed by atoms with Crippen molar-refractivity contribution >= 4 is 5.57 Å². The summed E-state index contributed by atoms with van der Waals surface area (Å²) in [6, 6.07) is 18.2. The monoisotopic (exact) mass is 305 g/mol. The maximum absolute atomic E-state index is 3.47. The summed E-state index contributed by atoms with van der Waals surface area (Å²) in [6.45, 7) is 8.84. The van der Waals surface area contributed by atoms with Gasteiger partial charge >= 0.3 is 0 Å². The van der Waals surface area contributed by atoms with E-state index in [2.05, 4.69) is 74.6 Å². The molecule has 1 aliphatic rings. The van der Waals surface area contributed by atoms with Crippen LogP contribution in [0.15, 0.2) is 54.1 Å². The van der Waals surface area contributed by atoms with Crippen LogP contribution in [0.25, 0.3) is 5.57 Å². The highest BCUT2D eigenvalue weighted by Gasteiger charge is 2.14. The van der Waals surface area contributed by atoms with E-state index in [4.69, 9.17) is 0 Å². The third-order valence-corrected chi connectivity index (χ3v) is 4.77. The quantitative estimate of drug-likeness (QED) is 0.811. The van der Waals surface area contributed by atoms with E-state index in [0.29, 0.717) is 5.92 Å². The Balaban J connectivity index is 2.06. The van der Waals surface area contributed by atoms with Crippen molar-refractivity contribution < 1.29 is 0 Å². The molecule has 1 heterocycles. The molecule has 120 valence electrons. The molecule has 1 N–H and O–H groups in total. The van der Waals surface area contributed by atoms with Gasteiger partial charge in [0.1, 0.15) is 0 Å². The SMILES string of the molecule is Cc1ccc(C(=C2CCNCC2)c2ccc(C(C)C)cc2)cc1. The Kier molecular flexibility index (Phi) is 4.97. The first kappa shape index (κ1) is 16.0. The van der Waals surface area contributed by atoms with Crippen LogP contribution in [-0.4, -0.2) is 13.1 Å². The van der Waals surface area contributed by atoms with Crippen LogP contribution in [0.3, 0.4) is 0 Å². The van der Waals surface area contributed by atoms with Gasteiger partial charge < -0.3 is 5.32 Å². The lowest BCUT2D eigenvalue weighted by Gasteiger charge is -2.21. The van der Waals surface area contributed by atoms with E-state index in [1.807, 2.05) is 0 Å². The summed E-state index contributed by atoms with van der Waals surface area (Å²) >= 11 is 0. The van der Waals surface area contributed by atoms with E-state index in [1.54, 1.807) is 5.57 Å². The number of piperidine rings is 1. The molecule has 1 aliphatic heterocycles. The molecule has 0 saturated carbocycles. The third kappa shape index (κ3) is 3.73. The van der Waals surface area contributed by atoms with E-state index in [-0.39, 0.29) is 0 Å². The Morgan fingerprint density at radius 3 is 1.87 bits per heavy atom. The molecule has 2 aromatic carbocycles. The molecular formula is C22H27N. The predicted molar refractivity (Wildman–Crippen MR) is 99.8 cm³/mol. The second kappa shape index (κ2) is 7.14. The number of aryl methyl sites for hydroxylation is 1. The highest BCUT2D eigenvalue weighted by atomic mass is 14.9. The maximum Gasteiger partial charge on any atom is -0.00111 e. The lowest BCUT2D eigenvalue weighted by atomic mass is 9.87. The molecule has 0 atom stereocenters. The van der Waals surface area contributed by atoms with Crippen LogP contribution in [0, 0.1) is 6.92 Å². The summed E-state index contributed by atoms with van der Waals surface area (Å²) in [7, 11) is 0. The summed E-state index contributed by atoms with van der Waals surface area (Å²) in [6.07, 6.45) is 2.30. The molecule has 0 unspecified atom stereocenters. The molecule has 1 fully saturated rings. The van der Waals surface area contributed by atoms with Crippen LogP contribution in [-0.2, 0) is 0 Å². The van der Waals surface area contributed by atoms with E-state index in [1.165, 1.54) is 27.8 Å². The predicted octanol–water partition coefficient (Wildman–Crippen LogP) is 5.30. The molecule has 1 saturated heterocycles. The Morgan fingerprint density at radius 2 is 1.35 bits per heavy atom. The number of hydrogen-bond acceptors (Lipinski definition) is 1. The molecule has 0 radical (unpaired) electrons. The zero-order valence-corrected chi connectivity index (χ0v) is 14.5. The zero-order valence-electron chi connectivity index (χ0n) is 14.5. The van der Waals surface area contributed by atoms with Crippen molar-refractivity contribution in [3.8, 4) is 0 Å². The van der Waals surface area contributed by atoms with Crippen molar-refractivity contribution in [2.45, 2.75) is 39.5 Å². The molecule has 0 aliphatic carbocycles. The van der Waals surface area contributed by atoms with Crippen molar-refractivity contribution in [2.24, 2.45) is 0 Å². The van der Waals surface area contributed by atoms with Gasteiger partial charge in [-0.25, -0.2) is 0 Å². The average Bonchev–Trinajstić information content (AvgIpc) is 2.58. The van der Waals surface area contributed by atoms with Gasteiger partial charge in [-0.3, -0.25) is 0 Å². The fraction of sp³-hybridized carbons (Fsp3) is 0.364. The highest BCUT2D eigenvalue weighted by Crippen LogP contribution is 2.32. The highest BCUT2D eigenvalue weighted by molar-refractivity contribution is 5.82. The third-order valence-electron chi connectivity index (χ3n) is 4.77. The van der Waals surface area contributed by atoms with Crippen molar-refractivity contribution in [3.63, 3.8) is 0 Å². The standard InChI is InChI=1S/C22H27N/c1-16(2)18-8-10-20(11-9-18)22(21-12-14-23-15-13-21)19-6-4-17(3)5-7-19/h4-11,16,23H,12-15H2,1-3H3. The molecule has 0 aromatic heterocycles. The van der Waals surface area contributed by atoms with Gasteiger partial charge in [0, 0.05) is 0 Å². The summed E-state index contributed by atoms with van der Waals surface area (Å²) in [5.41, 5.74) is 8.47. The molecule has 2 aromatic rings. The molecule has 3 rings (SSSR count). The first-order valence-corrected chi connectivity index (χ1v) is 8.75. The van der Waals surface area contributed by atoms with Crippen LogP contribution >= 0.6 is 0 Å². The fourth-order valence-electron chi connectivity index (χ4n) is 3.31. The Bertz CT molecular complexity index is 667. The first-order chi connectivity index (χ1) is 11.1. The van der Waals surface area contributed by atoms with Gasteiger partial charge in [0.05, 0.1) is 0 Å². The van der Waals surface area contributed by atoms with Gasteiger partial charge in [0.15, 0.2) is 0 Å². The van der Waals surface area contributed by atoms with Gasteiger partial charge in [-0.05, 0) is 61.0 Å². The Morgan fingerprint density at radius 1 is 0.826 bits per heavy atom. The van der Waals surface area contributed by atoms with Crippen molar-refractivity contribution in [3.05, 3.63) is 76.4 Å². The van der Waals surface area contributed by atoms with E-state index >= 15 is 0 Å². The second-order valence-corrected chi connectivity index (χ2v) is 6.87. The summed E-state index contributed by atoms with van der Waals surface area (Å²) in [5.74, 6) is 0.582. The minimum absolute atomic E-state index is 0.582. The number of nitrogens with one attached hydrogen (secondary N) is 1. The van der Waals surface area contributed by atoms with Crippen LogP contribution in [0.2, 0.25) is 0 Å². The lowest BCUT2D eigenvalue weighted by Crippen LogP contribution is -2.23. The molecule has 0 bridgehead atoms. The maximum atomic E-state index is 3.47. The number of benzene rings is 2. The van der Waals surface area contributed by atoms with Crippen molar-refractivity contribution in [1.29, 1.82) is 0 Å². The van der Waals surface area contributed by atoms with Crippen molar-refractivity contribution in [2.75, 3.05) is 13.1 Å². The second-order valence-electron chi connectivity index (χ2n) is 6.87. The zero-order chi connectivity index (χ0) is 16.2. The van der Waals surface area contributed by atoms with E-state index in [9.17, 15) is 0 Å². The number of rotatable bonds is 3. The molecule has 1 heteroatoms. The minimum Gasteiger partial charge on any atom is -0.316 e. The smallest absolute Gasteiger partial charge is 0.00111 e. The average molecular weight is 305 g/mol. The Labute approximate surface area is 140 Å². The summed E-state index contributed by atoms with van der Waals surface area (Å²) < 4.78 is 0. The van der Waals surface area contributed by atoms with Gasteiger partial charge in [0.2, 0.25) is 0 Å². The van der Waals surface area contributed by atoms with Crippen LogP contribution < -0.4 is 5.32 Å². The first-order valence-electron chi connectivity index (χ1n) is 8.75. The molecule has 0 spiro atoms. The fourth-order valence-corrected chi connectivity index (χ4v) is 3.31. The van der Waals surface area contributed by atoms with Crippen LogP contribution in [0.5, 0.6) is 0 Å². The molecule has 23 heavy (non-hydrogen) atoms. The van der Waals surface area contributed by atoms with Gasteiger partial charge in [-0.1, -0.05) is 73.5 Å². The Hall–Kier alpha value is -1.86. The molecule has 0 amide bonds. The number of hydrogen-bond donors (Lipinski definition) is 1. The lowest BCUT2D eigenvalue weighted by molar-refractivity contribution is 0.611. The summed E-state index contributed by atoms with van der Waals surface area (Å²) in [4.78, 5) is 0. The van der Waals surface area contributed by atoms with E-state index in [0.717, 1.165) is 25.9 Å². The van der Waals surface area contributed by atoms with Crippen molar-refractivity contribution in [1.82, 2.24) is 5.32 Å². The van der Waals surface area contributed by atoms with E-state index < -0.39 is 0 Å². The van der Waals surface area contributed by atoms with Crippen LogP contribution in [0.1, 0.15) is 54.9 Å². The largest absolute Gasteiger partial charge is 0.316 e. The minimum atomic E-state index is 0.582. The molecular weight excluding hydrogens is 278 g/mol. The molecule has 1 nitrogen and oxygen atoms in total. The van der Waals surface area contributed by atoms with Gasteiger partial charge in [0.25, 0.3) is 0 Å². The topological polar surface area (TPSA) is 12.0 Å². The normalized spacial score (nSPS) is 15.0. The van der Waals surface area contributed by atoms with Gasteiger partial charge in [-0.2, -0.15) is 0 Å².